The van der Waals surface area contributed by atoms with Gasteiger partial charge in [-0.05, 0) is 63.3 Å². The number of hydrogen-bond acceptors (Lipinski definition) is 2. The Labute approximate surface area is 137 Å². The average molecular weight is 363 g/mol. The van der Waals surface area contributed by atoms with Crippen molar-refractivity contribution in [2.45, 2.75) is 19.8 Å². The molecule has 0 unspecified atom stereocenters. The molecule has 2 aromatic carbocycles. The Morgan fingerprint density at radius 1 is 1.18 bits per heavy atom. The van der Waals surface area contributed by atoms with Gasteiger partial charge in [0.1, 0.15) is 11.6 Å². The van der Waals surface area contributed by atoms with E-state index in [1.165, 1.54) is 18.2 Å². The predicted octanol–water partition coefficient (Wildman–Crippen LogP) is 5.33. The maximum Gasteiger partial charge on any atom is 0.336 e. The number of carbonyl (C=O) groups excluding carboxylic acids is 1. The van der Waals surface area contributed by atoms with Crippen molar-refractivity contribution in [2.75, 3.05) is 0 Å². The van der Waals surface area contributed by atoms with Gasteiger partial charge in [0, 0.05) is 6.08 Å². The van der Waals surface area contributed by atoms with Crippen molar-refractivity contribution in [2.24, 2.45) is 0 Å². The Hall–Kier alpha value is -1.94. The van der Waals surface area contributed by atoms with Gasteiger partial charge < -0.3 is 4.74 Å². The summed E-state index contributed by atoms with van der Waals surface area (Å²) < 4.78 is 18.8. The van der Waals surface area contributed by atoms with Crippen molar-refractivity contribution in [1.29, 1.82) is 0 Å². The van der Waals surface area contributed by atoms with E-state index in [9.17, 15) is 9.18 Å². The normalized spacial score (nSPS) is 11.1. The second-order valence-electron chi connectivity index (χ2n) is 5.15. The van der Waals surface area contributed by atoms with E-state index in [1.54, 1.807) is 24.3 Å². The van der Waals surface area contributed by atoms with Gasteiger partial charge in [-0.2, -0.15) is 0 Å². The molecule has 0 saturated heterocycles. The van der Waals surface area contributed by atoms with Crippen LogP contribution in [0.25, 0.3) is 6.08 Å². The highest BCUT2D eigenvalue weighted by Crippen LogP contribution is 2.29. The molecule has 0 aliphatic heterocycles. The molecule has 114 valence electrons. The first kappa shape index (κ1) is 16.4. The second-order valence-corrected chi connectivity index (χ2v) is 6.00. The monoisotopic (exact) mass is 362 g/mol. The third-order valence-electron chi connectivity index (χ3n) is 3.12. The maximum atomic E-state index is 12.8. The topological polar surface area (TPSA) is 26.3 Å². The van der Waals surface area contributed by atoms with E-state index >= 15 is 0 Å². The molecule has 0 heterocycles. The van der Waals surface area contributed by atoms with Crippen LogP contribution in [0.3, 0.4) is 0 Å². The second kappa shape index (κ2) is 7.36. The van der Waals surface area contributed by atoms with E-state index in [-0.39, 0.29) is 5.82 Å². The highest BCUT2D eigenvalue weighted by Gasteiger charge is 2.08. The standard InChI is InChI=1S/C18H16BrFO2/c1-12(2)14-6-9-17(16(19)11-14)22-18(21)10-5-13-3-7-15(20)8-4-13/h3-12H,1-2H3/b10-5+. The molecule has 0 aliphatic rings. The number of esters is 1. The van der Waals surface area contributed by atoms with E-state index in [0.717, 1.165) is 15.6 Å². The summed E-state index contributed by atoms with van der Waals surface area (Å²) in [5.74, 6) is 0.0776. The molecule has 0 radical (unpaired) electrons. The van der Waals surface area contributed by atoms with Crippen molar-refractivity contribution < 1.29 is 13.9 Å². The predicted molar refractivity (Wildman–Crippen MR) is 89.3 cm³/mol. The minimum absolute atomic E-state index is 0.311. The molecule has 0 N–H and O–H groups in total. The van der Waals surface area contributed by atoms with Gasteiger partial charge in [-0.25, -0.2) is 9.18 Å². The minimum Gasteiger partial charge on any atom is -0.422 e. The van der Waals surface area contributed by atoms with Gasteiger partial charge in [-0.1, -0.05) is 32.0 Å². The highest BCUT2D eigenvalue weighted by molar-refractivity contribution is 9.10. The van der Waals surface area contributed by atoms with Crippen LogP contribution in [0.2, 0.25) is 0 Å². The van der Waals surface area contributed by atoms with Crippen molar-refractivity contribution in [3.05, 3.63) is 70.0 Å². The molecule has 2 aromatic rings. The molecule has 2 rings (SSSR count). The zero-order valence-corrected chi connectivity index (χ0v) is 13.9. The lowest BCUT2D eigenvalue weighted by molar-refractivity contribution is -0.128. The van der Waals surface area contributed by atoms with Crippen LogP contribution in [0.4, 0.5) is 4.39 Å². The number of carbonyl (C=O) groups is 1. The summed E-state index contributed by atoms with van der Waals surface area (Å²) in [7, 11) is 0. The van der Waals surface area contributed by atoms with E-state index in [1.807, 2.05) is 12.1 Å². The Balaban J connectivity index is 2.04. The summed E-state index contributed by atoms with van der Waals surface area (Å²) in [6.07, 6.45) is 2.90. The minimum atomic E-state index is -0.484. The van der Waals surface area contributed by atoms with Crippen molar-refractivity contribution in [3.8, 4) is 5.75 Å². The van der Waals surface area contributed by atoms with Crippen LogP contribution in [-0.4, -0.2) is 5.97 Å². The maximum absolute atomic E-state index is 12.8. The first-order valence-corrected chi connectivity index (χ1v) is 7.70. The molecule has 0 atom stereocenters. The van der Waals surface area contributed by atoms with Gasteiger partial charge in [0.05, 0.1) is 4.47 Å². The smallest absolute Gasteiger partial charge is 0.336 e. The van der Waals surface area contributed by atoms with Gasteiger partial charge in [-0.3, -0.25) is 0 Å². The number of benzene rings is 2. The van der Waals surface area contributed by atoms with Gasteiger partial charge in [0.15, 0.2) is 0 Å². The molecule has 0 bridgehead atoms. The van der Waals surface area contributed by atoms with E-state index in [0.29, 0.717) is 11.7 Å². The molecule has 0 aromatic heterocycles. The van der Waals surface area contributed by atoms with E-state index < -0.39 is 5.97 Å². The third kappa shape index (κ3) is 4.53. The Morgan fingerprint density at radius 3 is 2.45 bits per heavy atom. The fraction of sp³-hybridized carbons (Fsp3) is 0.167. The van der Waals surface area contributed by atoms with Gasteiger partial charge in [0.25, 0.3) is 0 Å². The van der Waals surface area contributed by atoms with Gasteiger partial charge >= 0.3 is 5.97 Å². The number of hydrogen-bond donors (Lipinski definition) is 0. The summed E-state index contributed by atoms with van der Waals surface area (Å²) in [6.45, 7) is 4.19. The van der Waals surface area contributed by atoms with Crippen LogP contribution in [0.1, 0.15) is 30.9 Å². The SMILES string of the molecule is CC(C)c1ccc(OC(=O)/C=C/c2ccc(F)cc2)c(Br)c1. The van der Waals surface area contributed by atoms with Crippen LogP contribution in [0, 0.1) is 5.82 Å². The number of ether oxygens (including phenoxy) is 1. The summed E-state index contributed by atoms with van der Waals surface area (Å²) >= 11 is 3.40. The van der Waals surface area contributed by atoms with Crippen LogP contribution < -0.4 is 4.74 Å². The number of rotatable bonds is 4. The fourth-order valence-electron chi connectivity index (χ4n) is 1.84. The molecule has 0 amide bonds. The van der Waals surface area contributed by atoms with E-state index in [2.05, 4.69) is 29.8 Å². The summed E-state index contributed by atoms with van der Waals surface area (Å²) in [6, 6.07) is 11.5. The fourth-order valence-corrected chi connectivity index (χ4v) is 2.32. The first-order chi connectivity index (χ1) is 10.5. The van der Waals surface area contributed by atoms with Gasteiger partial charge in [-0.15, -0.1) is 0 Å². The lowest BCUT2D eigenvalue weighted by atomic mass is 10.0. The molecule has 0 spiro atoms. The zero-order valence-electron chi connectivity index (χ0n) is 12.3. The van der Waals surface area contributed by atoms with Crippen LogP contribution in [0.15, 0.2) is 53.0 Å². The van der Waals surface area contributed by atoms with Crippen LogP contribution in [0.5, 0.6) is 5.75 Å². The lowest BCUT2D eigenvalue weighted by Gasteiger charge is -2.09. The van der Waals surface area contributed by atoms with E-state index in [4.69, 9.17) is 4.74 Å². The Morgan fingerprint density at radius 2 is 1.86 bits per heavy atom. The first-order valence-electron chi connectivity index (χ1n) is 6.90. The molecule has 2 nitrogen and oxygen atoms in total. The third-order valence-corrected chi connectivity index (χ3v) is 3.73. The zero-order chi connectivity index (χ0) is 16.1. The quantitative estimate of drug-likeness (QED) is 0.417. The molecule has 0 fully saturated rings. The summed E-state index contributed by atoms with van der Waals surface area (Å²) in [5.41, 5.74) is 1.89. The van der Waals surface area contributed by atoms with Crippen LogP contribution >= 0.6 is 15.9 Å². The van der Waals surface area contributed by atoms with Crippen molar-refractivity contribution in [1.82, 2.24) is 0 Å². The Bertz CT molecular complexity index is 691. The van der Waals surface area contributed by atoms with Gasteiger partial charge in [0.2, 0.25) is 0 Å². The van der Waals surface area contributed by atoms with Crippen molar-refractivity contribution in [3.63, 3.8) is 0 Å². The Kier molecular flexibility index (Phi) is 5.50. The highest BCUT2D eigenvalue weighted by atomic mass is 79.9. The average Bonchev–Trinajstić information content (AvgIpc) is 2.48. The summed E-state index contributed by atoms with van der Waals surface area (Å²) in [4.78, 5) is 11.8. The lowest BCUT2D eigenvalue weighted by Crippen LogP contribution is -2.04. The summed E-state index contributed by atoms with van der Waals surface area (Å²) in [5, 5.41) is 0. The largest absolute Gasteiger partial charge is 0.422 e. The van der Waals surface area contributed by atoms with Crippen molar-refractivity contribution >= 4 is 28.0 Å². The van der Waals surface area contributed by atoms with Crippen LogP contribution in [-0.2, 0) is 4.79 Å². The molecular formula is C18H16BrFO2. The molecular weight excluding hydrogens is 347 g/mol. The number of halogens is 2. The molecule has 0 aliphatic carbocycles. The molecule has 22 heavy (non-hydrogen) atoms. The molecule has 4 heteroatoms. The molecule has 0 saturated carbocycles.